The topological polar surface area (TPSA) is 3.24 Å². The standard InChI is InChI=1S/C12H25N/c1-3-10-13(2)11-12-8-6-4-5-7-9-12/h12H,3-11H2,1-2H3. The van der Waals surface area contributed by atoms with Gasteiger partial charge in [0.25, 0.3) is 0 Å². The Morgan fingerprint density at radius 1 is 1.08 bits per heavy atom. The maximum atomic E-state index is 2.51. The van der Waals surface area contributed by atoms with Gasteiger partial charge in [0.1, 0.15) is 0 Å². The summed E-state index contributed by atoms with van der Waals surface area (Å²) < 4.78 is 0. The lowest BCUT2D eigenvalue weighted by Crippen LogP contribution is -2.26. The molecule has 0 N–H and O–H groups in total. The number of hydrogen-bond donors (Lipinski definition) is 0. The van der Waals surface area contributed by atoms with Gasteiger partial charge in [-0.2, -0.15) is 0 Å². The first-order chi connectivity index (χ1) is 6.33. The largest absolute Gasteiger partial charge is 0.306 e. The van der Waals surface area contributed by atoms with Crippen LogP contribution in [0.2, 0.25) is 0 Å². The Bertz CT molecular complexity index is 114. The van der Waals surface area contributed by atoms with Crippen LogP contribution in [0.4, 0.5) is 0 Å². The molecule has 1 fully saturated rings. The first kappa shape index (κ1) is 11.0. The van der Waals surface area contributed by atoms with E-state index < -0.39 is 0 Å². The van der Waals surface area contributed by atoms with Crippen molar-refractivity contribution >= 4 is 0 Å². The lowest BCUT2D eigenvalue weighted by atomic mass is 10.00. The summed E-state index contributed by atoms with van der Waals surface area (Å²) in [6.45, 7) is 4.88. The molecule has 1 saturated carbocycles. The first-order valence-corrected chi connectivity index (χ1v) is 6.01. The Kier molecular flexibility index (Phi) is 5.45. The third-order valence-electron chi connectivity index (χ3n) is 3.15. The summed E-state index contributed by atoms with van der Waals surface area (Å²) in [5, 5.41) is 0. The molecule has 0 atom stereocenters. The third-order valence-corrected chi connectivity index (χ3v) is 3.15. The van der Waals surface area contributed by atoms with Crippen molar-refractivity contribution in [2.75, 3.05) is 20.1 Å². The zero-order valence-electron chi connectivity index (χ0n) is 9.39. The third kappa shape index (κ3) is 4.66. The SMILES string of the molecule is CCCN(C)CC1CCCCCC1. The minimum atomic E-state index is 0.999. The molecule has 0 amide bonds. The second-order valence-corrected chi connectivity index (χ2v) is 4.62. The molecule has 0 aromatic heterocycles. The van der Waals surface area contributed by atoms with Crippen LogP contribution in [0.15, 0.2) is 0 Å². The minimum Gasteiger partial charge on any atom is -0.306 e. The van der Waals surface area contributed by atoms with Crippen LogP contribution >= 0.6 is 0 Å². The Hall–Kier alpha value is -0.0400. The second-order valence-electron chi connectivity index (χ2n) is 4.62. The summed E-state index contributed by atoms with van der Waals surface area (Å²) in [4.78, 5) is 2.51. The molecule has 0 saturated heterocycles. The molecule has 0 radical (unpaired) electrons. The molecule has 1 heteroatoms. The molecular weight excluding hydrogens is 158 g/mol. The van der Waals surface area contributed by atoms with Crippen LogP contribution in [0.25, 0.3) is 0 Å². The molecule has 1 aliphatic carbocycles. The van der Waals surface area contributed by atoms with Gasteiger partial charge in [0.2, 0.25) is 0 Å². The van der Waals surface area contributed by atoms with Crippen LogP contribution < -0.4 is 0 Å². The van der Waals surface area contributed by atoms with Gasteiger partial charge >= 0.3 is 0 Å². The van der Waals surface area contributed by atoms with Crippen molar-refractivity contribution in [3.63, 3.8) is 0 Å². The van der Waals surface area contributed by atoms with Crippen molar-refractivity contribution in [2.45, 2.75) is 51.9 Å². The molecule has 0 aliphatic heterocycles. The highest BCUT2D eigenvalue weighted by molar-refractivity contribution is 4.67. The summed E-state index contributed by atoms with van der Waals surface area (Å²) in [5.74, 6) is 0.999. The Balaban J connectivity index is 2.17. The zero-order valence-corrected chi connectivity index (χ0v) is 9.39. The van der Waals surface area contributed by atoms with E-state index in [0.29, 0.717) is 0 Å². The second kappa shape index (κ2) is 6.42. The summed E-state index contributed by atoms with van der Waals surface area (Å²) in [5.41, 5.74) is 0. The molecule has 0 heterocycles. The highest BCUT2D eigenvalue weighted by atomic mass is 15.1. The Labute approximate surface area is 83.5 Å². The predicted octanol–water partition coefficient (Wildman–Crippen LogP) is 3.30. The van der Waals surface area contributed by atoms with Crippen molar-refractivity contribution in [3.05, 3.63) is 0 Å². The lowest BCUT2D eigenvalue weighted by molar-refractivity contribution is 0.260. The van der Waals surface area contributed by atoms with Crippen LogP contribution in [-0.4, -0.2) is 25.0 Å². The fourth-order valence-electron chi connectivity index (χ4n) is 2.46. The Morgan fingerprint density at radius 2 is 1.69 bits per heavy atom. The Morgan fingerprint density at radius 3 is 2.23 bits per heavy atom. The van der Waals surface area contributed by atoms with E-state index in [1.165, 1.54) is 58.0 Å². The monoisotopic (exact) mass is 183 g/mol. The lowest BCUT2D eigenvalue weighted by Gasteiger charge is -2.22. The molecule has 0 spiro atoms. The highest BCUT2D eigenvalue weighted by Gasteiger charge is 2.13. The summed E-state index contributed by atoms with van der Waals surface area (Å²) in [6, 6.07) is 0. The average molecular weight is 183 g/mol. The van der Waals surface area contributed by atoms with Crippen molar-refractivity contribution < 1.29 is 0 Å². The first-order valence-electron chi connectivity index (χ1n) is 6.01. The van der Waals surface area contributed by atoms with Crippen molar-refractivity contribution in [3.8, 4) is 0 Å². The molecule has 0 bridgehead atoms. The number of nitrogens with zero attached hydrogens (tertiary/aromatic N) is 1. The van der Waals surface area contributed by atoms with Gasteiger partial charge in [-0.1, -0.05) is 32.6 Å². The van der Waals surface area contributed by atoms with E-state index in [9.17, 15) is 0 Å². The van der Waals surface area contributed by atoms with E-state index >= 15 is 0 Å². The molecule has 0 unspecified atom stereocenters. The maximum Gasteiger partial charge on any atom is 0.000660 e. The molecular formula is C12H25N. The smallest absolute Gasteiger partial charge is 0.000660 e. The molecule has 1 aliphatic rings. The molecule has 13 heavy (non-hydrogen) atoms. The quantitative estimate of drug-likeness (QED) is 0.604. The van der Waals surface area contributed by atoms with E-state index in [1.54, 1.807) is 0 Å². The molecule has 1 nitrogen and oxygen atoms in total. The minimum absolute atomic E-state index is 0.999. The van der Waals surface area contributed by atoms with Gasteiger partial charge in [0.05, 0.1) is 0 Å². The summed E-state index contributed by atoms with van der Waals surface area (Å²) >= 11 is 0. The van der Waals surface area contributed by atoms with Crippen LogP contribution in [0.3, 0.4) is 0 Å². The van der Waals surface area contributed by atoms with E-state index in [1.807, 2.05) is 0 Å². The molecule has 78 valence electrons. The normalized spacial score (nSPS) is 20.5. The summed E-state index contributed by atoms with van der Waals surface area (Å²) in [6.07, 6.45) is 10.2. The van der Waals surface area contributed by atoms with Gasteiger partial charge in [0.15, 0.2) is 0 Å². The number of rotatable bonds is 4. The fraction of sp³-hybridized carbons (Fsp3) is 1.00. The van der Waals surface area contributed by atoms with E-state index in [-0.39, 0.29) is 0 Å². The van der Waals surface area contributed by atoms with Crippen LogP contribution in [0.5, 0.6) is 0 Å². The molecule has 0 aromatic rings. The van der Waals surface area contributed by atoms with Gasteiger partial charge in [0, 0.05) is 6.54 Å². The summed E-state index contributed by atoms with van der Waals surface area (Å²) in [7, 11) is 2.27. The van der Waals surface area contributed by atoms with Gasteiger partial charge in [-0.3, -0.25) is 0 Å². The molecule has 1 rings (SSSR count). The van der Waals surface area contributed by atoms with Gasteiger partial charge in [-0.15, -0.1) is 0 Å². The maximum absolute atomic E-state index is 2.51. The van der Waals surface area contributed by atoms with Gasteiger partial charge in [-0.25, -0.2) is 0 Å². The van der Waals surface area contributed by atoms with Crippen molar-refractivity contribution in [2.24, 2.45) is 5.92 Å². The van der Waals surface area contributed by atoms with Crippen LogP contribution in [0.1, 0.15) is 51.9 Å². The fourth-order valence-corrected chi connectivity index (χ4v) is 2.46. The van der Waals surface area contributed by atoms with Crippen LogP contribution in [-0.2, 0) is 0 Å². The van der Waals surface area contributed by atoms with E-state index in [4.69, 9.17) is 0 Å². The van der Waals surface area contributed by atoms with E-state index in [0.717, 1.165) is 5.92 Å². The molecule has 0 aromatic carbocycles. The van der Waals surface area contributed by atoms with Gasteiger partial charge < -0.3 is 4.90 Å². The zero-order chi connectivity index (χ0) is 9.52. The highest BCUT2D eigenvalue weighted by Crippen LogP contribution is 2.23. The average Bonchev–Trinajstić information content (AvgIpc) is 2.33. The van der Waals surface area contributed by atoms with Gasteiger partial charge in [-0.05, 0) is 38.8 Å². The van der Waals surface area contributed by atoms with E-state index in [2.05, 4.69) is 18.9 Å². The van der Waals surface area contributed by atoms with Crippen molar-refractivity contribution in [1.82, 2.24) is 4.90 Å². The van der Waals surface area contributed by atoms with Crippen LogP contribution in [0, 0.1) is 5.92 Å². The van der Waals surface area contributed by atoms with Crippen molar-refractivity contribution in [1.29, 1.82) is 0 Å². The predicted molar refractivity (Wildman–Crippen MR) is 59.0 cm³/mol. The number of hydrogen-bond acceptors (Lipinski definition) is 1.